The number of anilines is 1. The van der Waals surface area contributed by atoms with Gasteiger partial charge in [-0.2, -0.15) is 0 Å². The molecule has 0 aliphatic carbocycles. The third-order valence-electron chi connectivity index (χ3n) is 4.79. The van der Waals surface area contributed by atoms with Crippen LogP contribution in [-0.2, 0) is 0 Å². The average molecular weight is 543 g/mol. The van der Waals surface area contributed by atoms with Gasteiger partial charge in [-0.1, -0.05) is 0 Å². The van der Waals surface area contributed by atoms with Gasteiger partial charge in [0, 0.05) is 37.8 Å². The number of aromatic hydroxyl groups is 1. The molecule has 0 atom stereocenters. The van der Waals surface area contributed by atoms with E-state index in [0.29, 0.717) is 24.7 Å². The Bertz CT molecular complexity index is 790. The van der Waals surface area contributed by atoms with Gasteiger partial charge in [0.15, 0.2) is 5.96 Å². The first-order valence-corrected chi connectivity index (χ1v) is 10.9. The minimum Gasteiger partial charge on any atom is -0.508 e. The highest BCUT2D eigenvalue weighted by Gasteiger charge is 2.20. The summed E-state index contributed by atoms with van der Waals surface area (Å²) < 4.78 is 0. The normalized spacial score (nSPS) is 14.7. The molecule has 1 amide bonds. The highest BCUT2D eigenvalue weighted by molar-refractivity contribution is 14.0. The number of phenols is 1. The smallest absolute Gasteiger partial charge is 0.251 e. The zero-order chi connectivity index (χ0) is 20.5. The van der Waals surface area contributed by atoms with E-state index in [1.54, 1.807) is 23.5 Å². The van der Waals surface area contributed by atoms with Crippen LogP contribution in [0.25, 0.3) is 0 Å². The summed E-state index contributed by atoms with van der Waals surface area (Å²) in [5.74, 6) is 0.772. The second-order valence-electron chi connectivity index (χ2n) is 6.92. The fraction of sp³-hybridized carbons (Fsp3) is 0.429. The minimum atomic E-state index is -0.167. The van der Waals surface area contributed by atoms with E-state index in [1.165, 1.54) is 17.1 Å². The molecule has 4 N–H and O–H groups in total. The molecule has 1 aliphatic heterocycles. The predicted molar refractivity (Wildman–Crippen MR) is 135 cm³/mol. The molecule has 0 spiro atoms. The van der Waals surface area contributed by atoms with Gasteiger partial charge in [0.05, 0.1) is 11.5 Å². The SMILES string of the molecule is CCNC(=NCCNC(=O)c1ccc(O)cc1)NC1CCN(c2cccs2)CC1.I. The van der Waals surface area contributed by atoms with E-state index in [9.17, 15) is 9.90 Å². The van der Waals surface area contributed by atoms with Crippen molar-refractivity contribution >= 4 is 52.2 Å². The molecule has 1 fully saturated rings. The minimum absolute atomic E-state index is 0. The van der Waals surface area contributed by atoms with Gasteiger partial charge in [-0.3, -0.25) is 9.79 Å². The number of nitrogens with zero attached hydrogens (tertiary/aromatic N) is 2. The third kappa shape index (κ3) is 7.35. The molecule has 2 heterocycles. The maximum atomic E-state index is 12.1. The van der Waals surface area contributed by atoms with Crippen LogP contribution in [-0.4, -0.2) is 55.7 Å². The highest BCUT2D eigenvalue weighted by Crippen LogP contribution is 2.24. The Kier molecular flexibility index (Phi) is 10.2. The second-order valence-corrected chi connectivity index (χ2v) is 7.85. The summed E-state index contributed by atoms with van der Waals surface area (Å²) >= 11 is 1.79. The summed E-state index contributed by atoms with van der Waals surface area (Å²) in [4.78, 5) is 19.1. The van der Waals surface area contributed by atoms with Crippen LogP contribution in [0.4, 0.5) is 5.00 Å². The van der Waals surface area contributed by atoms with Crippen molar-refractivity contribution in [2.75, 3.05) is 37.6 Å². The van der Waals surface area contributed by atoms with Crippen LogP contribution in [0.5, 0.6) is 5.75 Å². The van der Waals surface area contributed by atoms with Gasteiger partial charge in [-0.15, -0.1) is 35.3 Å². The fourth-order valence-corrected chi connectivity index (χ4v) is 4.04. The highest BCUT2D eigenvalue weighted by atomic mass is 127. The van der Waals surface area contributed by atoms with Crippen LogP contribution < -0.4 is 20.9 Å². The Morgan fingerprint density at radius 1 is 1.20 bits per heavy atom. The number of aliphatic imine (C=N–C) groups is 1. The summed E-state index contributed by atoms with van der Waals surface area (Å²) in [7, 11) is 0. The van der Waals surface area contributed by atoms with Crippen LogP contribution in [0.15, 0.2) is 46.8 Å². The number of nitrogens with one attached hydrogen (secondary N) is 3. The van der Waals surface area contributed by atoms with Gasteiger partial charge in [0.1, 0.15) is 5.75 Å². The van der Waals surface area contributed by atoms with Crippen molar-refractivity contribution in [2.24, 2.45) is 4.99 Å². The van der Waals surface area contributed by atoms with Crippen molar-refractivity contribution in [3.05, 3.63) is 47.3 Å². The quantitative estimate of drug-likeness (QED) is 0.187. The Balaban J connectivity index is 0.00000320. The number of hydrogen-bond acceptors (Lipinski definition) is 5. The monoisotopic (exact) mass is 543 g/mol. The molecule has 2 aromatic rings. The molecule has 1 aromatic heterocycles. The lowest BCUT2D eigenvalue weighted by Gasteiger charge is -2.33. The average Bonchev–Trinajstić information content (AvgIpc) is 3.27. The predicted octanol–water partition coefficient (Wildman–Crippen LogP) is 3.03. The van der Waals surface area contributed by atoms with Crippen molar-refractivity contribution in [3.8, 4) is 5.75 Å². The third-order valence-corrected chi connectivity index (χ3v) is 5.72. The largest absolute Gasteiger partial charge is 0.508 e. The summed E-state index contributed by atoms with van der Waals surface area (Å²) in [6.45, 7) is 5.86. The molecular formula is C21H30IN5O2S. The number of halogens is 1. The number of thiophene rings is 1. The molecule has 1 aromatic carbocycles. The van der Waals surface area contributed by atoms with E-state index >= 15 is 0 Å². The molecule has 1 saturated heterocycles. The van der Waals surface area contributed by atoms with Crippen LogP contribution >= 0.6 is 35.3 Å². The van der Waals surface area contributed by atoms with E-state index in [2.05, 4.69) is 43.4 Å². The number of rotatable bonds is 7. The van der Waals surface area contributed by atoms with Crippen molar-refractivity contribution in [1.82, 2.24) is 16.0 Å². The van der Waals surface area contributed by atoms with Crippen molar-refractivity contribution in [1.29, 1.82) is 0 Å². The van der Waals surface area contributed by atoms with Gasteiger partial charge < -0.3 is 26.0 Å². The van der Waals surface area contributed by atoms with E-state index < -0.39 is 0 Å². The van der Waals surface area contributed by atoms with Crippen molar-refractivity contribution < 1.29 is 9.90 Å². The lowest BCUT2D eigenvalue weighted by molar-refractivity contribution is 0.0955. The topological polar surface area (TPSA) is 89.0 Å². The van der Waals surface area contributed by atoms with E-state index in [1.807, 2.05) is 6.92 Å². The number of hydrogen-bond donors (Lipinski definition) is 4. The molecule has 0 bridgehead atoms. The summed E-state index contributed by atoms with van der Waals surface area (Å²) in [6, 6.07) is 10.9. The van der Waals surface area contributed by atoms with Crippen LogP contribution in [0, 0.1) is 0 Å². The molecule has 0 unspecified atom stereocenters. The molecule has 30 heavy (non-hydrogen) atoms. The summed E-state index contributed by atoms with van der Waals surface area (Å²) in [6.07, 6.45) is 2.14. The molecular weight excluding hydrogens is 513 g/mol. The maximum absolute atomic E-state index is 12.1. The number of amides is 1. The van der Waals surface area contributed by atoms with Crippen LogP contribution in [0.3, 0.4) is 0 Å². The maximum Gasteiger partial charge on any atom is 0.251 e. The zero-order valence-corrected chi connectivity index (χ0v) is 20.3. The second kappa shape index (κ2) is 12.6. The van der Waals surface area contributed by atoms with Gasteiger partial charge in [-0.25, -0.2) is 0 Å². The first kappa shape index (κ1) is 24.3. The Labute approximate surface area is 199 Å². The standard InChI is InChI=1S/C21H29N5O2S.HI/c1-2-22-21(24-12-11-23-20(28)16-5-7-18(27)8-6-16)25-17-9-13-26(14-10-17)19-4-3-15-29-19;/h3-8,15,17,27H,2,9-14H2,1H3,(H,23,28)(H2,22,24,25);1H. The van der Waals surface area contributed by atoms with Crippen molar-refractivity contribution in [3.63, 3.8) is 0 Å². The number of carbonyl (C=O) groups excluding carboxylic acids is 1. The van der Waals surface area contributed by atoms with Gasteiger partial charge in [0.25, 0.3) is 5.91 Å². The number of carbonyl (C=O) groups is 1. The van der Waals surface area contributed by atoms with Crippen LogP contribution in [0.1, 0.15) is 30.1 Å². The number of benzene rings is 1. The molecule has 1 aliphatic rings. The molecule has 9 heteroatoms. The first-order chi connectivity index (χ1) is 14.2. The molecule has 7 nitrogen and oxygen atoms in total. The van der Waals surface area contributed by atoms with Crippen LogP contribution in [0.2, 0.25) is 0 Å². The number of guanidine groups is 1. The van der Waals surface area contributed by atoms with Gasteiger partial charge in [0.2, 0.25) is 0 Å². The van der Waals surface area contributed by atoms with Gasteiger partial charge >= 0.3 is 0 Å². The lowest BCUT2D eigenvalue weighted by Crippen LogP contribution is -2.48. The Hall–Kier alpha value is -2.01. The fourth-order valence-electron chi connectivity index (χ4n) is 3.26. The molecule has 164 valence electrons. The lowest BCUT2D eigenvalue weighted by atomic mass is 10.1. The van der Waals surface area contributed by atoms with E-state index in [4.69, 9.17) is 0 Å². The summed E-state index contributed by atoms with van der Waals surface area (Å²) in [5.41, 5.74) is 0.523. The number of phenolic OH excluding ortho intramolecular Hbond substituents is 1. The van der Waals surface area contributed by atoms with Crippen molar-refractivity contribution in [2.45, 2.75) is 25.8 Å². The van der Waals surface area contributed by atoms with Gasteiger partial charge in [-0.05, 0) is 61.5 Å². The zero-order valence-electron chi connectivity index (χ0n) is 17.1. The molecule has 0 saturated carbocycles. The summed E-state index contributed by atoms with van der Waals surface area (Å²) in [5, 5.41) is 22.4. The molecule has 3 rings (SSSR count). The van der Waals surface area contributed by atoms with E-state index in [0.717, 1.165) is 38.4 Å². The Morgan fingerprint density at radius 2 is 1.93 bits per heavy atom. The Morgan fingerprint density at radius 3 is 2.57 bits per heavy atom. The van der Waals surface area contributed by atoms with E-state index in [-0.39, 0.29) is 35.6 Å². The first-order valence-electron chi connectivity index (χ1n) is 10.1. The molecule has 0 radical (unpaired) electrons. The number of piperidine rings is 1.